The maximum atomic E-state index is 12.1. The number of Topliss-reactive ketones (excluding diaryl/α,β-unsaturated/α-hetero) is 1. The molecule has 1 saturated heterocycles. The number of methoxy groups -OCH3 is 1. The van der Waals surface area contributed by atoms with E-state index in [4.69, 9.17) is 4.74 Å². The van der Waals surface area contributed by atoms with Gasteiger partial charge in [0, 0.05) is 12.5 Å². The number of thiazole rings is 1. The number of carbonyl (C=O) groups is 2. The number of amides is 1. The average Bonchev–Trinajstić information content (AvgIpc) is 3.17. The lowest BCUT2D eigenvalue weighted by molar-refractivity contribution is -0.115. The van der Waals surface area contributed by atoms with Gasteiger partial charge in [-0.05, 0) is 30.8 Å². The van der Waals surface area contributed by atoms with Gasteiger partial charge in [0.25, 0.3) is 5.91 Å². The van der Waals surface area contributed by atoms with Gasteiger partial charge in [0.1, 0.15) is 0 Å². The molecule has 0 atom stereocenters. The highest BCUT2D eigenvalue weighted by molar-refractivity contribution is 8.18. The van der Waals surface area contributed by atoms with Crippen molar-refractivity contribution < 1.29 is 19.4 Å². The number of hydrogen-bond donors (Lipinski definition) is 3. The number of hydrogen-bond acceptors (Lipinski definition) is 9. The van der Waals surface area contributed by atoms with Crippen molar-refractivity contribution in [3.8, 4) is 11.5 Å². The molecule has 0 saturated carbocycles. The Kier molecular flexibility index (Phi) is 7.05. The van der Waals surface area contributed by atoms with Crippen molar-refractivity contribution in [2.75, 3.05) is 12.5 Å². The van der Waals surface area contributed by atoms with Crippen LogP contribution < -0.4 is 15.5 Å². The summed E-state index contributed by atoms with van der Waals surface area (Å²) < 4.78 is 5.06. The summed E-state index contributed by atoms with van der Waals surface area (Å²) in [6.45, 7) is 3.23. The maximum absolute atomic E-state index is 12.1. The number of benzene rings is 1. The molecule has 28 heavy (non-hydrogen) atoms. The first-order chi connectivity index (χ1) is 12.9. The fourth-order valence-electron chi connectivity index (χ4n) is 2.31. The molecule has 0 unspecified atom stereocenters. The van der Waals surface area contributed by atoms with E-state index in [0.29, 0.717) is 37.1 Å². The number of aromatic nitrogens is 1. The molecule has 3 N–H and O–H groups in total. The number of ketones is 1. The minimum atomic E-state index is -0.331. The van der Waals surface area contributed by atoms with Crippen LogP contribution in [0.25, 0.3) is 6.08 Å². The topological polar surface area (TPSA) is 113 Å². The van der Waals surface area contributed by atoms with E-state index in [9.17, 15) is 14.7 Å². The van der Waals surface area contributed by atoms with Crippen LogP contribution in [0.4, 0.5) is 5.13 Å². The summed E-state index contributed by atoms with van der Waals surface area (Å²) in [5.74, 6) is -0.108. The number of para-hydroxylation sites is 1. The molecule has 1 aliphatic heterocycles. The molecule has 0 radical (unpaired) electrons. The Morgan fingerprint density at radius 3 is 2.82 bits per heavy atom. The van der Waals surface area contributed by atoms with Gasteiger partial charge in [-0.25, -0.2) is 4.98 Å². The van der Waals surface area contributed by atoms with Crippen molar-refractivity contribution in [1.82, 2.24) is 10.3 Å². The Bertz CT molecular complexity index is 988. The third-order valence-corrected chi connectivity index (χ3v) is 5.63. The van der Waals surface area contributed by atoms with E-state index in [-0.39, 0.29) is 29.8 Å². The minimum Gasteiger partial charge on any atom is -0.504 e. The van der Waals surface area contributed by atoms with Gasteiger partial charge in [-0.3, -0.25) is 20.3 Å². The lowest BCUT2D eigenvalue weighted by Gasteiger charge is -2.05. The highest BCUT2D eigenvalue weighted by Crippen LogP contribution is 2.34. The molecule has 8 nitrogen and oxygen atoms in total. The summed E-state index contributed by atoms with van der Waals surface area (Å²) in [5.41, 5.74) is 3.84. The van der Waals surface area contributed by atoms with E-state index in [2.05, 4.69) is 20.8 Å². The molecule has 2 heterocycles. The zero-order valence-corrected chi connectivity index (χ0v) is 17.6. The SMILES string of the molecule is COc1cccc(/C=C2/S/C(=N/Nc3nc(C)c(C(C)=O)s3)NC2=O)c1O.Cl. The van der Waals surface area contributed by atoms with Gasteiger partial charge in [-0.2, -0.15) is 0 Å². The number of rotatable bonds is 5. The molecule has 1 aromatic carbocycles. The second kappa shape index (κ2) is 9.09. The highest BCUT2D eigenvalue weighted by atomic mass is 35.5. The summed E-state index contributed by atoms with van der Waals surface area (Å²) >= 11 is 2.32. The average molecular weight is 441 g/mol. The molecule has 1 amide bonds. The number of carbonyl (C=O) groups excluding carboxylic acids is 2. The van der Waals surface area contributed by atoms with Gasteiger partial charge in [0.05, 0.1) is 22.6 Å². The Morgan fingerprint density at radius 1 is 1.43 bits per heavy atom. The molecule has 148 valence electrons. The second-order valence-electron chi connectivity index (χ2n) is 5.48. The highest BCUT2D eigenvalue weighted by Gasteiger charge is 2.25. The summed E-state index contributed by atoms with van der Waals surface area (Å²) in [5, 5.41) is 17.7. The van der Waals surface area contributed by atoms with E-state index in [0.717, 1.165) is 11.8 Å². The predicted molar refractivity (Wildman–Crippen MR) is 114 cm³/mol. The molecule has 3 rings (SSSR count). The van der Waals surface area contributed by atoms with Crippen molar-refractivity contribution in [3.63, 3.8) is 0 Å². The number of phenols is 1. The minimum absolute atomic E-state index is 0. The van der Waals surface area contributed by atoms with Crippen LogP contribution in [0, 0.1) is 6.92 Å². The van der Waals surface area contributed by atoms with Crippen LogP contribution in [0.5, 0.6) is 11.5 Å². The molecule has 1 aromatic heterocycles. The fraction of sp³-hybridized carbons (Fsp3) is 0.176. The fourth-order valence-corrected chi connectivity index (χ4v) is 3.89. The van der Waals surface area contributed by atoms with Crippen LogP contribution in [0.15, 0.2) is 28.2 Å². The number of phenolic OH excluding ortho intramolecular Hbond substituents is 1. The molecule has 0 spiro atoms. The molecule has 11 heteroatoms. The van der Waals surface area contributed by atoms with Crippen LogP contribution in [-0.2, 0) is 4.79 Å². The first-order valence-corrected chi connectivity index (χ1v) is 9.41. The van der Waals surface area contributed by atoms with Gasteiger partial charge in [0.15, 0.2) is 22.4 Å². The maximum Gasteiger partial charge on any atom is 0.264 e. The second-order valence-corrected chi connectivity index (χ2v) is 7.51. The van der Waals surface area contributed by atoms with Crippen molar-refractivity contribution in [3.05, 3.63) is 39.2 Å². The zero-order valence-electron chi connectivity index (χ0n) is 15.1. The lowest BCUT2D eigenvalue weighted by Crippen LogP contribution is -2.20. The Hall–Kier alpha value is -2.56. The number of anilines is 1. The van der Waals surface area contributed by atoms with Gasteiger partial charge in [-0.15, -0.1) is 17.5 Å². The van der Waals surface area contributed by atoms with Gasteiger partial charge in [-0.1, -0.05) is 23.5 Å². The van der Waals surface area contributed by atoms with Gasteiger partial charge >= 0.3 is 0 Å². The molecule has 2 aromatic rings. The van der Waals surface area contributed by atoms with Crippen LogP contribution in [0.1, 0.15) is 27.9 Å². The Morgan fingerprint density at radius 2 is 2.18 bits per heavy atom. The van der Waals surface area contributed by atoms with E-state index in [1.807, 2.05) is 0 Å². The first-order valence-electron chi connectivity index (χ1n) is 7.78. The van der Waals surface area contributed by atoms with Gasteiger partial charge in [0.2, 0.25) is 5.13 Å². The zero-order chi connectivity index (χ0) is 19.6. The molecule has 1 fully saturated rings. The van der Waals surface area contributed by atoms with Crippen LogP contribution in [-0.4, -0.2) is 34.1 Å². The number of halogens is 1. The number of hydrazone groups is 1. The van der Waals surface area contributed by atoms with E-state index in [1.165, 1.54) is 25.4 Å². The lowest BCUT2D eigenvalue weighted by atomic mass is 10.1. The van der Waals surface area contributed by atoms with Crippen molar-refractivity contribution in [2.45, 2.75) is 13.8 Å². The predicted octanol–water partition coefficient (Wildman–Crippen LogP) is 3.38. The normalized spacial score (nSPS) is 16.0. The van der Waals surface area contributed by atoms with E-state index >= 15 is 0 Å². The third-order valence-electron chi connectivity index (χ3n) is 3.56. The number of aryl methyl sites for hydroxylation is 1. The quantitative estimate of drug-likeness (QED) is 0.371. The molecule has 1 aliphatic rings. The number of nitrogens with one attached hydrogen (secondary N) is 2. The number of amidine groups is 1. The van der Waals surface area contributed by atoms with Gasteiger partial charge < -0.3 is 9.84 Å². The Labute approximate surface area is 175 Å². The number of nitrogens with zero attached hydrogens (tertiary/aromatic N) is 2. The van der Waals surface area contributed by atoms with Crippen LogP contribution in [0.3, 0.4) is 0 Å². The summed E-state index contributed by atoms with van der Waals surface area (Å²) in [7, 11) is 1.46. The number of ether oxygens (including phenoxy) is 1. The molecular formula is C17H17ClN4O4S2. The number of thioether (sulfide) groups is 1. The first kappa shape index (κ1) is 21.7. The summed E-state index contributed by atoms with van der Waals surface area (Å²) in [6, 6.07) is 5.02. The standard InChI is InChI=1S/C17H16N4O4S2.ClH/c1-8-14(9(2)22)27-16(18-8)20-21-17-19-15(24)12(26-17)7-10-5-4-6-11(25-3)13(10)23;/h4-7,23H,1-3H3,(H,18,20)(H,19,21,24);1H/b12-7+;. The van der Waals surface area contributed by atoms with Crippen molar-refractivity contribution in [1.29, 1.82) is 0 Å². The smallest absolute Gasteiger partial charge is 0.264 e. The van der Waals surface area contributed by atoms with Crippen molar-refractivity contribution >= 4 is 63.6 Å². The van der Waals surface area contributed by atoms with Crippen LogP contribution >= 0.6 is 35.5 Å². The van der Waals surface area contributed by atoms with E-state index in [1.54, 1.807) is 31.2 Å². The largest absolute Gasteiger partial charge is 0.504 e. The summed E-state index contributed by atoms with van der Waals surface area (Å²) in [6.07, 6.45) is 1.56. The number of aromatic hydroxyl groups is 1. The third kappa shape index (κ3) is 4.64. The van der Waals surface area contributed by atoms with Crippen molar-refractivity contribution in [2.24, 2.45) is 5.10 Å². The summed E-state index contributed by atoms with van der Waals surface area (Å²) in [4.78, 5) is 28.8. The van der Waals surface area contributed by atoms with Crippen LogP contribution in [0.2, 0.25) is 0 Å². The van der Waals surface area contributed by atoms with E-state index < -0.39 is 0 Å². The molecular weight excluding hydrogens is 424 g/mol. The molecule has 0 aliphatic carbocycles. The Balaban J connectivity index is 0.00000280. The monoisotopic (exact) mass is 440 g/mol. The molecule has 0 bridgehead atoms.